The first-order valence-electron chi connectivity index (χ1n) is 9.90. The van der Waals surface area contributed by atoms with E-state index in [4.69, 9.17) is 0 Å². The number of hydrogen-bond acceptors (Lipinski definition) is 2. The van der Waals surface area contributed by atoms with Crippen LogP contribution in [0.15, 0.2) is 72.8 Å². The van der Waals surface area contributed by atoms with Crippen LogP contribution < -0.4 is 10.6 Å². The van der Waals surface area contributed by atoms with Crippen LogP contribution in [0.1, 0.15) is 38.3 Å². The molecule has 2 unspecified atom stereocenters. The summed E-state index contributed by atoms with van der Waals surface area (Å²) in [4.78, 5) is 0. The zero-order valence-corrected chi connectivity index (χ0v) is 16.4. The van der Waals surface area contributed by atoms with E-state index in [1.54, 1.807) is 0 Å². The molecule has 0 aliphatic heterocycles. The molecule has 1 aliphatic rings. The lowest BCUT2D eigenvalue weighted by Crippen LogP contribution is -2.52. The van der Waals surface area contributed by atoms with E-state index >= 15 is 0 Å². The fourth-order valence-electron chi connectivity index (χ4n) is 4.32. The molecule has 27 heavy (non-hydrogen) atoms. The fourth-order valence-corrected chi connectivity index (χ4v) is 4.32. The Hall–Kier alpha value is -2.58. The molecule has 4 rings (SSSR count). The van der Waals surface area contributed by atoms with E-state index in [9.17, 15) is 0 Å². The van der Waals surface area contributed by atoms with E-state index in [1.807, 2.05) is 0 Å². The van der Waals surface area contributed by atoms with Crippen LogP contribution in [0.5, 0.6) is 0 Å². The summed E-state index contributed by atoms with van der Waals surface area (Å²) in [6.07, 6.45) is 5.66. The summed E-state index contributed by atoms with van der Waals surface area (Å²) in [6.45, 7) is 6.84. The first kappa shape index (κ1) is 17.8. The van der Waals surface area contributed by atoms with Crippen molar-refractivity contribution in [1.29, 1.82) is 0 Å². The molecule has 2 atom stereocenters. The Bertz CT molecular complexity index is 953. The Kier molecular flexibility index (Phi) is 4.75. The summed E-state index contributed by atoms with van der Waals surface area (Å²) in [5, 5.41) is 10.3. The summed E-state index contributed by atoms with van der Waals surface area (Å²) >= 11 is 0. The molecule has 138 valence electrons. The van der Waals surface area contributed by atoms with E-state index < -0.39 is 5.66 Å². The first-order chi connectivity index (χ1) is 13.1. The van der Waals surface area contributed by atoms with E-state index in [-0.39, 0.29) is 0 Å². The molecule has 3 aromatic rings. The minimum atomic E-state index is -0.427. The van der Waals surface area contributed by atoms with Gasteiger partial charge < -0.3 is 5.32 Å². The average Bonchev–Trinajstić information content (AvgIpc) is 2.65. The molecule has 0 fully saturated rings. The minimum absolute atomic E-state index is 0.381. The van der Waals surface area contributed by atoms with Crippen molar-refractivity contribution in [1.82, 2.24) is 5.32 Å². The Balaban J connectivity index is 1.84. The number of nitrogens with one attached hydrogen (secondary N) is 2. The lowest BCUT2D eigenvalue weighted by Gasteiger charge is -2.40. The first-order valence-corrected chi connectivity index (χ1v) is 9.90. The number of rotatable bonds is 6. The highest BCUT2D eigenvalue weighted by molar-refractivity contribution is 5.96. The van der Waals surface area contributed by atoms with Crippen LogP contribution in [0.2, 0.25) is 0 Å². The molecule has 0 heterocycles. The minimum Gasteiger partial charge on any atom is -0.360 e. The van der Waals surface area contributed by atoms with Crippen molar-refractivity contribution >= 4 is 22.5 Å². The van der Waals surface area contributed by atoms with Gasteiger partial charge in [0.05, 0.1) is 0 Å². The topological polar surface area (TPSA) is 24.1 Å². The largest absolute Gasteiger partial charge is 0.360 e. The predicted octanol–water partition coefficient (Wildman–Crippen LogP) is 6.16. The number of benzene rings is 3. The maximum Gasteiger partial charge on any atom is 0.135 e. The van der Waals surface area contributed by atoms with E-state index in [0.717, 1.165) is 12.1 Å². The van der Waals surface area contributed by atoms with Gasteiger partial charge in [0.15, 0.2) is 0 Å². The van der Waals surface area contributed by atoms with Crippen LogP contribution in [-0.2, 0) is 5.66 Å². The van der Waals surface area contributed by atoms with Crippen molar-refractivity contribution in [3.63, 3.8) is 0 Å². The van der Waals surface area contributed by atoms with Crippen molar-refractivity contribution in [3.05, 3.63) is 83.9 Å². The molecule has 0 aromatic heterocycles. The zero-order valence-electron chi connectivity index (χ0n) is 16.4. The summed E-state index contributed by atoms with van der Waals surface area (Å²) in [6, 6.07) is 24.0. The van der Waals surface area contributed by atoms with Gasteiger partial charge in [0, 0.05) is 17.3 Å². The van der Waals surface area contributed by atoms with Crippen molar-refractivity contribution in [2.45, 2.75) is 38.9 Å². The van der Waals surface area contributed by atoms with Crippen molar-refractivity contribution in [2.75, 3.05) is 5.32 Å². The maximum atomic E-state index is 3.92. The molecule has 0 radical (unpaired) electrons. The van der Waals surface area contributed by atoms with E-state index in [2.05, 4.69) is 110 Å². The summed E-state index contributed by atoms with van der Waals surface area (Å²) in [7, 11) is 0. The van der Waals surface area contributed by atoms with Crippen molar-refractivity contribution in [3.8, 4) is 0 Å². The van der Waals surface area contributed by atoms with Gasteiger partial charge in [0.2, 0.25) is 0 Å². The van der Waals surface area contributed by atoms with E-state index in [0.29, 0.717) is 12.0 Å². The molecular formula is C25H28N2. The highest BCUT2D eigenvalue weighted by Gasteiger charge is 2.35. The SMILES string of the molecule is CC(C)CC(C)NC1(Nc2ccccc2)C=Cc2cccc3cccc1c23. The molecule has 0 saturated carbocycles. The third kappa shape index (κ3) is 3.50. The third-order valence-corrected chi connectivity index (χ3v) is 5.29. The van der Waals surface area contributed by atoms with Crippen LogP contribution >= 0.6 is 0 Å². The van der Waals surface area contributed by atoms with Gasteiger partial charge in [-0.2, -0.15) is 0 Å². The van der Waals surface area contributed by atoms with Crippen LogP contribution in [0, 0.1) is 5.92 Å². The average molecular weight is 357 g/mol. The van der Waals surface area contributed by atoms with Crippen molar-refractivity contribution in [2.24, 2.45) is 5.92 Å². The second-order valence-corrected chi connectivity index (χ2v) is 8.06. The van der Waals surface area contributed by atoms with Gasteiger partial charge in [-0.3, -0.25) is 5.32 Å². The lowest BCUT2D eigenvalue weighted by molar-refractivity contribution is 0.360. The third-order valence-electron chi connectivity index (χ3n) is 5.29. The molecule has 0 amide bonds. The fraction of sp³-hybridized carbons (Fsp3) is 0.280. The van der Waals surface area contributed by atoms with Gasteiger partial charge in [0.1, 0.15) is 5.66 Å². The zero-order chi connectivity index (χ0) is 18.9. The van der Waals surface area contributed by atoms with Gasteiger partial charge in [-0.15, -0.1) is 0 Å². The monoisotopic (exact) mass is 356 g/mol. The predicted molar refractivity (Wildman–Crippen MR) is 117 cm³/mol. The van der Waals surface area contributed by atoms with Crippen LogP contribution in [0.3, 0.4) is 0 Å². The Morgan fingerprint density at radius 3 is 2.33 bits per heavy atom. The second-order valence-electron chi connectivity index (χ2n) is 8.06. The molecule has 2 nitrogen and oxygen atoms in total. The Morgan fingerprint density at radius 1 is 0.852 bits per heavy atom. The molecule has 0 spiro atoms. The smallest absolute Gasteiger partial charge is 0.135 e. The van der Waals surface area contributed by atoms with Gasteiger partial charge in [-0.05, 0) is 53.8 Å². The molecule has 0 saturated heterocycles. The van der Waals surface area contributed by atoms with Crippen LogP contribution in [0.4, 0.5) is 5.69 Å². The Labute approximate surface area is 162 Å². The van der Waals surface area contributed by atoms with E-state index in [1.165, 1.54) is 21.9 Å². The number of para-hydroxylation sites is 1. The normalized spacial score (nSPS) is 19.4. The number of hydrogen-bond donors (Lipinski definition) is 2. The summed E-state index contributed by atoms with van der Waals surface area (Å²) in [5.74, 6) is 0.650. The lowest BCUT2D eigenvalue weighted by atomic mass is 9.84. The van der Waals surface area contributed by atoms with Gasteiger partial charge in [-0.25, -0.2) is 0 Å². The van der Waals surface area contributed by atoms with Crippen molar-refractivity contribution < 1.29 is 0 Å². The standard InChI is InChI=1S/C25H28N2/c1-18(2)17-19(3)26-25(27-22-12-5-4-6-13-22)16-15-21-10-7-9-20-11-8-14-23(25)24(20)21/h4-16,18-19,26-27H,17H2,1-3H3. The second kappa shape index (κ2) is 7.21. The summed E-state index contributed by atoms with van der Waals surface area (Å²) < 4.78 is 0. The van der Waals surface area contributed by atoms with Gasteiger partial charge in [0.25, 0.3) is 0 Å². The highest BCUT2D eigenvalue weighted by atomic mass is 15.2. The van der Waals surface area contributed by atoms with Crippen LogP contribution in [0.25, 0.3) is 16.8 Å². The molecule has 1 aliphatic carbocycles. The molecule has 2 N–H and O–H groups in total. The van der Waals surface area contributed by atoms with Crippen LogP contribution in [-0.4, -0.2) is 6.04 Å². The highest BCUT2D eigenvalue weighted by Crippen LogP contribution is 2.38. The van der Waals surface area contributed by atoms with Gasteiger partial charge in [-0.1, -0.05) is 74.5 Å². The molecule has 2 heteroatoms. The maximum absolute atomic E-state index is 3.92. The van der Waals surface area contributed by atoms with Gasteiger partial charge >= 0.3 is 0 Å². The molecular weight excluding hydrogens is 328 g/mol. The molecule has 3 aromatic carbocycles. The summed E-state index contributed by atoms with van der Waals surface area (Å²) in [5.41, 5.74) is 3.26. The molecule has 0 bridgehead atoms. The quantitative estimate of drug-likeness (QED) is 0.517. The number of anilines is 1. The Morgan fingerprint density at radius 2 is 1.59 bits per heavy atom.